The highest BCUT2D eigenvalue weighted by Crippen LogP contribution is 2.24. The van der Waals surface area contributed by atoms with Crippen molar-refractivity contribution in [3.8, 4) is 28.5 Å². The predicted molar refractivity (Wildman–Crippen MR) is 135 cm³/mol. The molecule has 0 saturated carbocycles. The molecule has 0 spiro atoms. The van der Waals surface area contributed by atoms with Crippen LogP contribution in [0, 0.1) is 6.92 Å². The van der Waals surface area contributed by atoms with E-state index in [1.807, 2.05) is 66.2 Å². The van der Waals surface area contributed by atoms with Crippen LogP contribution in [-0.4, -0.2) is 45.5 Å². The lowest BCUT2D eigenvalue weighted by molar-refractivity contribution is -0.117. The molecule has 176 valence electrons. The molecule has 0 aliphatic rings. The number of hydrogen-bond donors (Lipinski definition) is 2. The number of nitrogens with zero attached hydrogens (tertiary/aromatic N) is 6. The van der Waals surface area contributed by atoms with Crippen LogP contribution in [0.15, 0.2) is 79.6 Å². The molecular weight excluding hydrogens is 452 g/mol. The molecule has 0 aliphatic carbocycles. The topological polar surface area (TPSA) is 118 Å². The Labute approximate surface area is 206 Å². The Morgan fingerprint density at radius 2 is 1.78 bits per heavy atom. The lowest BCUT2D eigenvalue weighted by atomic mass is 10.0. The van der Waals surface area contributed by atoms with E-state index in [1.165, 1.54) is 0 Å². The van der Waals surface area contributed by atoms with E-state index in [1.54, 1.807) is 24.9 Å². The van der Waals surface area contributed by atoms with Crippen molar-refractivity contribution < 1.29 is 4.79 Å². The molecule has 0 saturated heterocycles. The largest absolute Gasteiger partial charge is 0.338 e. The fourth-order valence-corrected chi connectivity index (χ4v) is 4.19. The van der Waals surface area contributed by atoms with Gasteiger partial charge in [0.1, 0.15) is 23.5 Å². The number of hydrogen-bond acceptors (Lipinski definition) is 6. The van der Waals surface area contributed by atoms with Gasteiger partial charge in [0, 0.05) is 54.4 Å². The third-order valence-corrected chi connectivity index (χ3v) is 5.96. The first-order valence-corrected chi connectivity index (χ1v) is 11.5. The van der Waals surface area contributed by atoms with Crippen molar-refractivity contribution in [2.45, 2.75) is 19.8 Å². The number of fused-ring (bicyclic) bond motifs is 1. The highest BCUT2D eigenvalue weighted by atomic mass is 16.1. The number of nitrogens with one attached hydrogen (secondary N) is 2. The Kier molecular flexibility index (Phi) is 5.42. The van der Waals surface area contributed by atoms with Gasteiger partial charge in [0.05, 0.1) is 16.9 Å². The fraction of sp³-hybridized carbons (Fsp3) is 0.111. The Morgan fingerprint density at radius 1 is 0.944 bits per heavy atom. The summed E-state index contributed by atoms with van der Waals surface area (Å²) in [6.07, 6.45) is 9.50. The molecule has 0 aliphatic heterocycles. The third kappa shape index (κ3) is 4.29. The lowest BCUT2D eigenvalue weighted by Gasteiger charge is -2.02. The van der Waals surface area contributed by atoms with Crippen molar-refractivity contribution in [2.24, 2.45) is 0 Å². The molecule has 6 aromatic rings. The minimum atomic E-state index is 0.114. The monoisotopic (exact) mass is 474 g/mol. The van der Waals surface area contributed by atoms with Gasteiger partial charge < -0.3 is 4.98 Å². The summed E-state index contributed by atoms with van der Waals surface area (Å²) in [5.74, 6) is 1.58. The van der Waals surface area contributed by atoms with Gasteiger partial charge in [-0.05, 0) is 36.8 Å². The summed E-state index contributed by atoms with van der Waals surface area (Å²) in [5.41, 5.74) is 7.03. The molecule has 9 nitrogen and oxygen atoms in total. The van der Waals surface area contributed by atoms with E-state index in [4.69, 9.17) is 4.98 Å². The van der Waals surface area contributed by atoms with Crippen LogP contribution in [0.3, 0.4) is 0 Å². The number of aromatic amines is 2. The zero-order valence-electron chi connectivity index (χ0n) is 19.5. The van der Waals surface area contributed by atoms with Gasteiger partial charge in [0.2, 0.25) is 0 Å². The van der Waals surface area contributed by atoms with Crippen molar-refractivity contribution in [3.05, 3.63) is 96.6 Å². The fourth-order valence-electron chi connectivity index (χ4n) is 4.19. The Morgan fingerprint density at radius 3 is 2.56 bits per heavy atom. The van der Waals surface area contributed by atoms with Gasteiger partial charge in [-0.3, -0.25) is 19.4 Å². The maximum absolute atomic E-state index is 12.7. The summed E-state index contributed by atoms with van der Waals surface area (Å²) in [7, 11) is 0. The van der Waals surface area contributed by atoms with Crippen LogP contribution in [0.1, 0.15) is 17.0 Å². The number of Topliss-reactive ketones (excluding diaryl/α,β-unsaturated/α-hetero) is 1. The van der Waals surface area contributed by atoms with E-state index in [-0.39, 0.29) is 5.78 Å². The summed E-state index contributed by atoms with van der Waals surface area (Å²) < 4.78 is 1.87. The summed E-state index contributed by atoms with van der Waals surface area (Å²) >= 11 is 0. The van der Waals surface area contributed by atoms with Gasteiger partial charge in [-0.25, -0.2) is 15.0 Å². The average Bonchev–Trinajstić information content (AvgIpc) is 3.64. The van der Waals surface area contributed by atoms with Crippen LogP contribution in [0.4, 0.5) is 0 Å². The van der Waals surface area contributed by atoms with E-state index >= 15 is 0 Å². The second-order valence-corrected chi connectivity index (χ2v) is 8.64. The molecule has 9 heteroatoms. The summed E-state index contributed by atoms with van der Waals surface area (Å²) in [6, 6.07) is 15.5. The summed E-state index contributed by atoms with van der Waals surface area (Å²) in [6.45, 7) is 1.94. The molecule has 0 bridgehead atoms. The van der Waals surface area contributed by atoms with Crippen LogP contribution < -0.4 is 0 Å². The van der Waals surface area contributed by atoms with Crippen LogP contribution in [0.2, 0.25) is 0 Å². The molecule has 0 amide bonds. The molecule has 0 unspecified atom stereocenters. The third-order valence-electron chi connectivity index (χ3n) is 5.96. The Hall–Kier alpha value is -4.92. The molecule has 36 heavy (non-hydrogen) atoms. The highest BCUT2D eigenvalue weighted by Gasteiger charge is 2.13. The van der Waals surface area contributed by atoms with Crippen LogP contribution in [0.25, 0.3) is 39.5 Å². The number of carbonyl (C=O) groups is 1. The van der Waals surface area contributed by atoms with Gasteiger partial charge >= 0.3 is 0 Å². The first-order chi connectivity index (χ1) is 17.6. The Balaban J connectivity index is 1.16. The van der Waals surface area contributed by atoms with E-state index in [0.717, 1.165) is 56.4 Å². The van der Waals surface area contributed by atoms with Crippen molar-refractivity contribution in [3.63, 3.8) is 0 Å². The number of imidazole rings is 2. The molecule has 0 fully saturated rings. The number of H-pyrrole nitrogens is 2. The van der Waals surface area contributed by atoms with Gasteiger partial charge in [0.15, 0.2) is 5.82 Å². The smallest absolute Gasteiger partial charge is 0.166 e. The predicted octanol–water partition coefficient (Wildman–Crippen LogP) is 4.26. The Bertz CT molecular complexity index is 1660. The minimum Gasteiger partial charge on any atom is -0.338 e. The highest BCUT2D eigenvalue weighted by molar-refractivity contribution is 5.85. The van der Waals surface area contributed by atoms with E-state index in [0.29, 0.717) is 12.8 Å². The summed E-state index contributed by atoms with van der Waals surface area (Å²) in [4.78, 5) is 33.6. The number of ketones is 1. The first kappa shape index (κ1) is 21.6. The van der Waals surface area contributed by atoms with Crippen molar-refractivity contribution >= 4 is 16.8 Å². The molecule has 0 radical (unpaired) electrons. The summed E-state index contributed by atoms with van der Waals surface area (Å²) in [5, 5.41) is 7.28. The van der Waals surface area contributed by atoms with E-state index in [2.05, 4.69) is 30.1 Å². The van der Waals surface area contributed by atoms with Gasteiger partial charge in [-0.1, -0.05) is 24.3 Å². The van der Waals surface area contributed by atoms with Crippen molar-refractivity contribution in [2.75, 3.05) is 0 Å². The molecule has 5 heterocycles. The molecule has 0 atom stereocenters. The number of aryl methyl sites for hydroxylation is 1. The normalized spacial score (nSPS) is 11.2. The number of pyridine rings is 2. The zero-order valence-corrected chi connectivity index (χ0v) is 19.5. The standard InChI is InChI=1S/C27H22N8O/c1-17-15-35(16-30-17)27-25-23(8-11-29-27)31-26(32-25)20-4-2-18(3-5-20)12-22(36)13-21-14-24(34-33-21)19-6-9-28-10-7-19/h2-11,14-16H,12-13H2,1H3,(H,31,32)(H,33,34). The maximum atomic E-state index is 12.7. The van der Waals surface area contributed by atoms with E-state index in [9.17, 15) is 4.79 Å². The SMILES string of the molecule is Cc1cn(-c2nccc3[nH]c(-c4ccc(CC(=O)Cc5cc(-c6ccncc6)n[nH]5)cc4)nc23)cn1. The lowest BCUT2D eigenvalue weighted by Crippen LogP contribution is -2.06. The first-order valence-electron chi connectivity index (χ1n) is 11.5. The number of rotatable bonds is 7. The van der Waals surface area contributed by atoms with Crippen LogP contribution in [0.5, 0.6) is 0 Å². The van der Waals surface area contributed by atoms with Crippen molar-refractivity contribution in [1.29, 1.82) is 0 Å². The second-order valence-electron chi connectivity index (χ2n) is 8.64. The minimum absolute atomic E-state index is 0.114. The van der Waals surface area contributed by atoms with Gasteiger partial charge in [0.25, 0.3) is 0 Å². The maximum Gasteiger partial charge on any atom is 0.166 e. The number of carbonyl (C=O) groups excluding carboxylic acids is 1. The quantitative estimate of drug-likeness (QED) is 0.357. The zero-order chi connectivity index (χ0) is 24.5. The van der Waals surface area contributed by atoms with E-state index < -0.39 is 0 Å². The second kappa shape index (κ2) is 9.03. The van der Waals surface area contributed by atoms with Crippen LogP contribution >= 0.6 is 0 Å². The van der Waals surface area contributed by atoms with Crippen molar-refractivity contribution in [1.82, 2.24) is 39.7 Å². The number of benzene rings is 1. The number of aromatic nitrogens is 8. The molecule has 2 N–H and O–H groups in total. The molecule has 6 rings (SSSR count). The van der Waals surface area contributed by atoms with Crippen LogP contribution in [-0.2, 0) is 17.6 Å². The van der Waals surface area contributed by atoms with Gasteiger partial charge in [-0.15, -0.1) is 0 Å². The average molecular weight is 475 g/mol. The molecular formula is C27H22N8O. The molecule has 1 aromatic carbocycles. The van der Waals surface area contributed by atoms with Gasteiger partial charge in [-0.2, -0.15) is 5.10 Å². The molecule has 5 aromatic heterocycles.